The Bertz CT molecular complexity index is 221. The number of nitrogens with one attached hydrogen (secondary N) is 2. The fraction of sp³-hybridized carbons (Fsp3) is 1.00. The highest BCUT2D eigenvalue weighted by Crippen LogP contribution is 2.32. The normalized spacial score (nSPS) is 22.4. The largest absolute Gasteiger partial charge is 0.505 e. The van der Waals surface area contributed by atoms with Gasteiger partial charge < -0.3 is 23.9 Å². The molecule has 0 aromatic carbocycles. The predicted octanol–water partition coefficient (Wildman–Crippen LogP) is 1.38. The number of hydrogen-bond donors (Lipinski definition) is 2. The third-order valence-electron chi connectivity index (χ3n) is 3.49. The van der Waals surface area contributed by atoms with E-state index in [4.69, 9.17) is 13.3 Å². The molecule has 2 atom stereocenters. The van der Waals surface area contributed by atoms with Crippen molar-refractivity contribution in [3.05, 3.63) is 0 Å². The fourth-order valence-corrected chi connectivity index (χ4v) is 6.12. The van der Waals surface area contributed by atoms with Crippen LogP contribution in [0, 0.1) is 0 Å². The maximum absolute atomic E-state index is 6.04. The first-order valence-electron chi connectivity index (χ1n) is 7.59. The van der Waals surface area contributed by atoms with Gasteiger partial charge in [0.25, 0.3) is 0 Å². The Morgan fingerprint density at radius 1 is 1.00 bits per heavy atom. The molecule has 1 fully saturated rings. The molecule has 2 N–H and O–H groups in total. The van der Waals surface area contributed by atoms with Crippen LogP contribution in [-0.4, -0.2) is 54.3 Å². The van der Waals surface area contributed by atoms with Gasteiger partial charge in [-0.15, -0.1) is 0 Å². The molecular formula is C13H30N2O3Si. The molecule has 0 spiro atoms. The van der Waals surface area contributed by atoms with Crippen LogP contribution in [0.15, 0.2) is 0 Å². The highest BCUT2D eigenvalue weighted by atomic mass is 28.4. The van der Waals surface area contributed by atoms with Crippen LogP contribution >= 0.6 is 0 Å². The molecule has 0 aromatic heterocycles. The molecular weight excluding hydrogens is 260 g/mol. The average Bonchev–Trinajstić information content (AvgIpc) is 2.41. The first-order valence-corrected chi connectivity index (χ1v) is 9.40. The van der Waals surface area contributed by atoms with Gasteiger partial charge in [-0.25, -0.2) is 0 Å². The van der Waals surface area contributed by atoms with Gasteiger partial charge in [-0.05, 0) is 27.2 Å². The van der Waals surface area contributed by atoms with E-state index in [9.17, 15) is 0 Å². The zero-order valence-corrected chi connectivity index (χ0v) is 13.8. The van der Waals surface area contributed by atoms with Crippen molar-refractivity contribution >= 4 is 8.80 Å². The molecule has 1 heterocycles. The summed E-state index contributed by atoms with van der Waals surface area (Å²) in [6.07, 6.45) is 1.01. The van der Waals surface area contributed by atoms with Crippen molar-refractivity contribution in [1.82, 2.24) is 10.6 Å². The van der Waals surface area contributed by atoms with E-state index < -0.39 is 8.80 Å². The minimum Gasteiger partial charge on any atom is -0.374 e. The van der Waals surface area contributed by atoms with Gasteiger partial charge in [-0.2, -0.15) is 0 Å². The summed E-state index contributed by atoms with van der Waals surface area (Å²) in [7, 11) is -2.61. The number of hydrogen-bond acceptors (Lipinski definition) is 5. The molecule has 6 heteroatoms. The summed E-state index contributed by atoms with van der Waals surface area (Å²) in [5.74, 6) is 0. The van der Waals surface area contributed by atoms with Crippen molar-refractivity contribution in [3.8, 4) is 0 Å². The van der Waals surface area contributed by atoms with E-state index in [0.717, 1.165) is 26.1 Å². The van der Waals surface area contributed by atoms with E-state index in [1.807, 2.05) is 20.8 Å². The van der Waals surface area contributed by atoms with E-state index in [0.29, 0.717) is 31.4 Å². The fourth-order valence-electron chi connectivity index (χ4n) is 2.79. The van der Waals surface area contributed by atoms with Gasteiger partial charge in [0.1, 0.15) is 0 Å². The lowest BCUT2D eigenvalue weighted by molar-refractivity contribution is 0.0546. The van der Waals surface area contributed by atoms with Gasteiger partial charge >= 0.3 is 8.80 Å². The van der Waals surface area contributed by atoms with Crippen LogP contribution < -0.4 is 10.6 Å². The van der Waals surface area contributed by atoms with Gasteiger partial charge in [-0.1, -0.05) is 6.92 Å². The quantitative estimate of drug-likeness (QED) is 0.628. The first-order chi connectivity index (χ1) is 9.24. The second-order valence-corrected chi connectivity index (χ2v) is 7.50. The zero-order valence-electron chi connectivity index (χ0n) is 12.8. The van der Waals surface area contributed by atoms with E-state index in [2.05, 4.69) is 17.6 Å². The van der Waals surface area contributed by atoms with Crippen LogP contribution in [0.2, 0.25) is 5.54 Å². The Hall–Kier alpha value is 0.0169. The van der Waals surface area contributed by atoms with Crippen LogP contribution in [0.1, 0.15) is 34.1 Å². The lowest BCUT2D eigenvalue weighted by Gasteiger charge is -2.40. The Kier molecular flexibility index (Phi) is 8.13. The van der Waals surface area contributed by atoms with Crippen molar-refractivity contribution in [3.63, 3.8) is 0 Å². The van der Waals surface area contributed by atoms with Crippen molar-refractivity contribution in [2.45, 2.75) is 45.7 Å². The minimum absolute atomic E-state index is 0.306. The summed E-state index contributed by atoms with van der Waals surface area (Å²) in [4.78, 5) is 0. The molecule has 114 valence electrons. The van der Waals surface area contributed by atoms with Crippen molar-refractivity contribution in [2.24, 2.45) is 0 Å². The molecule has 5 nitrogen and oxygen atoms in total. The van der Waals surface area contributed by atoms with E-state index in [1.54, 1.807) is 0 Å². The van der Waals surface area contributed by atoms with Crippen LogP contribution in [-0.2, 0) is 13.3 Å². The molecule has 0 saturated carbocycles. The monoisotopic (exact) mass is 290 g/mol. The number of rotatable bonds is 9. The summed E-state index contributed by atoms with van der Waals surface area (Å²) in [5, 5.41) is 7.02. The lowest BCUT2D eigenvalue weighted by atomic mass is 10.1. The average molecular weight is 290 g/mol. The van der Waals surface area contributed by atoms with Crippen molar-refractivity contribution in [1.29, 1.82) is 0 Å². The molecule has 1 aliphatic rings. The molecule has 0 aliphatic carbocycles. The minimum atomic E-state index is -2.61. The van der Waals surface area contributed by atoms with Crippen LogP contribution in [0.3, 0.4) is 0 Å². The van der Waals surface area contributed by atoms with Gasteiger partial charge in [0, 0.05) is 51.0 Å². The second kappa shape index (κ2) is 9.04. The van der Waals surface area contributed by atoms with Crippen LogP contribution in [0.25, 0.3) is 0 Å². The summed E-state index contributed by atoms with van der Waals surface area (Å²) in [6, 6.07) is 0.370. The smallest absolute Gasteiger partial charge is 0.374 e. The Balaban J connectivity index is 2.87. The SMILES string of the molecule is CCO[Si](OCC)(OCC)C(CC)C1CNCCN1. The maximum Gasteiger partial charge on any atom is 0.505 e. The molecule has 1 saturated heterocycles. The standard InChI is InChI=1S/C13H30N2O3Si/c1-5-13(12-11-14-9-10-15-12)19(16-6-2,17-7-3)18-8-4/h12-15H,5-11H2,1-4H3. The first kappa shape index (κ1) is 17.1. The molecule has 0 aromatic rings. The van der Waals surface area contributed by atoms with Gasteiger partial charge in [0.05, 0.1) is 0 Å². The van der Waals surface area contributed by atoms with E-state index >= 15 is 0 Å². The summed E-state index contributed by atoms with van der Waals surface area (Å²) >= 11 is 0. The summed E-state index contributed by atoms with van der Waals surface area (Å²) in [5.41, 5.74) is 0.306. The van der Waals surface area contributed by atoms with Crippen LogP contribution in [0.4, 0.5) is 0 Å². The highest BCUT2D eigenvalue weighted by Gasteiger charge is 2.51. The molecule has 1 aliphatic heterocycles. The van der Waals surface area contributed by atoms with Gasteiger partial charge in [-0.3, -0.25) is 0 Å². The molecule has 0 radical (unpaired) electrons. The maximum atomic E-state index is 6.04. The Labute approximate surface area is 118 Å². The van der Waals surface area contributed by atoms with Crippen molar-refractivity contribution in [2.75, 3.05) is 39.5 Å². The molecule has 19 heavy (non-hydrogen) atoms. The third-order valence-corrected chi connectivity index (χ3v) is 7.28. The topological polar surface area (TPSA) is 51.8 Å². The predicted molar refractivity (Wildman–Crippen MR) is 79.3 cm³/mol. The summed E-state index contributed by atoms with van der Waals surface area (Å²) in [6.45, 7) is 13.1. The lowest BCUT2D eigenvalue weighted by Crippen LogP contribution is -2.60. The summed E-state index contributed by atoms with van der Waals surface area (Å²) < 4.78 is 18.1. The second-order valence-electron chi connectivity index (χ2n) is 4.68. The Morgan fingerprint density at radius 3 is 1.95 bits per heavy atom. The molecule has 2 unspecified atom stereocenters. The van der Waals surface area contributed by atoms with Gasteiger partial charge in [0.15, 0.2) is 0 Å². The highest BCUT2D eigenvalue weighted by molar-refractivity contribution is 6.62. The van der Waals surface area contributed by atoms with E-state index in [1.165, 1.54) is 0 Å². The van der Waals surface area contributed by atoms with Gasteiger partial charge in [0.2, 0.25) is 0 Å². The molecule has 1 rings (SSSR count). The Morgan fingerprint density at radius 2 is 1.58 bits per heavy atom. The third kappa shape index (κ3) is 4.51. The van der Waals surface area contributed by atoms with E-state index in [-0.39, 0.29) is 0 Å². The number of piperazine rings is 1. The molecule has 0 bridgehead atoms. The van der Waals surface area contributed by atoms with Crippen molar-refractivity contribution < 1.29 is 13.3 Å². The van der Waals surface area contributed by atoms with Crippen LogP contribution in [0.5, 0.6) is 0 Å². The molecule has 0 amide bonds. The zero-order chi connectivity index (χ0) is 14.1.